The highest BCUT2D eigenvalue weighted by Crippen LogP contribution is 2.13. The number of aromatic amines is 1. The van der Waals surface area contributed by atoms with Gasteiger partial charge in [-0.05, 0) is 24.5 Å². The molecule has 0 radical (unpaired) electrons. The van der Waals surface area contributed by atoms with Crippen molar-refractivity contribution in [1.29, 1.82) is 0 Å². The third-order valence-electron chi connectivity index (χ3n) is 3.97. The summed E-state index contributed by atoms with van der Waals surface area (Å²) in [6.45, 7) is 2.26. The number of aromatic nitrogens is 1. The summed E-state index contributed by atoms with van der Waals surface area (Å²) in [5, 5.41) is 0. The summed E-state index contributed by atoms with van der Waals surface area (Å²) >= 11 is 0. The SMILES string of the molecule is CCCCCCCCCCCCc1c[nH]c(C(=O)OC)c1. The van der Waals surface area contributed by atoms with Gasteiger partial charge in [0.25, 0.3) is 0 Å². The van der Waals surface area contributed by atoms with E-state index >= 15 is 0 Å². The van der Waals surface area contributed by atoms with E-state index < -0.39 is 0 Å². The first-order chi connectivity index (χ1) is 10.3. The normalized spacial score (nSPS) is 10.8. The summed E-state index contributed by atoms with van der Waals surface area (Å²) in [5.41, 5.74) is 1.76. The van der Waals surface area contributed by atoms with Crippen molar-refractivity contribution in [2.45, 2.75) is 77.6 Å². The Morgan fingerprint density at radius 3 is 2.14 bits per heavy atom. The third-order valence-corrected chi connectivity index (χ3v) is 3.97. The Hall–Kier alpha value is -1.25. The van der Waals surface area contributed by atoms with Gasteiger partial charge in [0.05, 0.1) is 7.11 Å². The fourth-order valence-corrected chi connectivity index (χ4v) is 2.63. The Kier molecular flexibility index (Phi) is 9.68. The molecule has 0 fully saturated rings. The van der Waals surface area contributed by atoms with Crippen LogP contribution in [0.3, 0.4) is 0 Å². The molecule has 0 aliphatic heterocycles. The second kappa shape index (κ2) is 11.4. The zero-order chi connectivity index (χ0) is 15.3. The molecule has 1 heterocycles. The molecule has 0 aliphatic rings. The van der Waals surface area contributed by atoms with Crippen molar-refractivity contribution < 1.29 is 9.53 Å². The topological polar surface area (TPSA) is 42.1 Å². The van der Waals surface area contributed by atoms with Gasteiger partial charge in [0, 0.05) is 6.20 Å². The first-order valence-corrected chi connectivity index (χ1v) is 8.53. The average Bonchev–Trinajstić information content (AvgIpc) is 2.97. The van der Waals surface area contributed by atoms with E-state index in [0.29, 0.717) is 5.69 Å². The molecular weight excluding hydrogens is 262 g/mol. The second-order valence-electron chi connectivity index (χ2n) is 5.85. The second-order valence-corrected chi connectivity index (χ2v) is 5.85. The smallest absolute Gasteiger partial charge is 0.354 e. The summed E-state index contributed by atoms with van der Waals surface area (Å²) in [6, 6.07) is 1.90. The molecule has 0 saturated heterocycles. The van der Waals surface area contributed by atoms with E-state index in [2.05, 4.69) is 16.6 Å². The standard InChI is InChI=1S/C18H31NO2/c1-3-4-5-6-7-8-9-10-11-12-13-16-14-17(19-15-16)18(20)21-2/h14-15,19H,3-13H2,1-2H3. The lowest BCUT2D eigenvalue weighted by Gasteiger charge is -2.02. The molecule has 1 rings (SSSR count). The van der Waals surface area contributed by atoms with Crippen LogP contribution in [-0.2, 0) is 11.2 Å². The fraction of sp³-hybridized carbons (Fsp3) is 0.722. The minimum atomic E-state index is -0.288. The van der Waals surface area contributed by atoms with E-state index in [4.69, 9.17) is 0 Å². The van der Waals surface area contributed by atoms with Gasteiger partial charge in [0.2, 0.25) is 0 Å². The van der Waals surface area contributed by atoms with Crippen molar-refractivity contribution in [3.63, 3.8) is 0 Å². The Morgan fingerprint density at radius 2 is 1.57 bits per heavy atom. The van der Waals surface area contributed by atoms with E-state index in [1.165, 1.54) is 76.9 Å². The van der Waals surface area contributed by atoms with Crippen molar-refractivity contribution in [2.75, 3.05) is 7.11 Å². The maximum atomic E-state index is 11.3. The lowest BCUT2D eigenvalue weighted by atomic mass is 10.0. The van der Waals surface area contributed by atoms with Gasteiger partial charge in [0.1, 0.15) is 5.69 Å². The number of hydrogen-bond acceptors (Lipinski definition) is 2. The molecule has 0 saturated carbocycles. The zero-order valence-corrected chi connectivity index (χ0v) is 13.7. The van der Waals surface area contributed by atoms with E-state index in [0.717, 1.165) is 6.42 Å². The van der Waals surface area contributed by atoms with Crippen LogP contribution >= 0.6 is 0 Å². The summed E-state index contributed by atoms with van der Waals surface area (Å²) in [4.78, 5) is 14.3. The molecule has 21 heavy (non-hydrogen) atoms. The van der Waals surface area contributed by atoms with Crippen molar-refractivity contribution in [3.05, 3.63) is 23.5 Å². The Balaban J connectivity index is 1.97. The molecule has 0 atom stereocenters. The number of unbranched alkanes of at least 4 members (excludes halogenated alkanes) is 9. The summed E-state index contributed by atoms with van der Waals surface area (Å²) in [5.74, 6) is -0.288. The predicted molar refractivity (Wildman–Crippen MR) is 87.7 cm³/mol. The molecular formula is C18H31NO2. The quantitative estimate of drug-likeness (QED) is 0.421. The minimum Gasteiger partial charge on any atom is -0.464 e. The van der Waals surface area contributed by atoms with Gasteiger partial charge in [0.15, 0.2) is 0 Å². The van der Waals surface area contributed by atoms with Crippen LogP contribution in [-0.4, -0.2) is 18.1 Å². The number of carbonyl (C=O) groups is 1. The lowest BCUT2D eigenvalue weighted by Crippen LogP contribution is -2.00. The number of H-pyrrole nitrogens is 1. The van der Waals surface area contributed by atoms with Crippen molar-refractivity contribution >= 4 is 5.97 Å². The first-order valence-electron chi connectivity index (χ1n) is 8.53. The molecule has 120 valence electrons. The Labute approximate surface area is 129 Å². The van der Waals surface area contributed by atoms with E-state index in [1.807, 2.05) is 12.3 Å². The molecule has 1 N–H and O–H groups in total. The number of carbonyl (C=O) groups excluding carboxylic acids is 1. The Bertz CT molecular complexity index is 384. The molecule has 3 nitrogen and oxygen atoms in total. The van der Waals surface area contributed by atoms with Gasteiger partial charge >= 0.3 is 5.97 Å². The van der Waals surface area contributed by atoms with E-state index in [1.54, 1.807) is 0 Å². The van der Waals surface area contributed by atoms with Crippen LogP contribution < -0.4 is 0 Å². The molecule has 0 spiro atoms. The molecule has 0 unspecified atom stereocenters. The van der Waals surface area contributed by atoms with E-state index in [9.17, 15) is 4.79 Å². The summed E-state index contributed by atoms with van der Waals surface area (Å²) in [7, 11) is 1.41. The molecule has 0 aromatic carbocycles. The number of rotatable bonds is 12. The maximum Gasteiger partial charge on any atom is 0.354 e. The van der Waals surface area contributed by atoms with Gasteiger partial charge in [-0.15, -0.1) is 0 Å². The number of hydrogen-bond donors (Lipinski definition) is 1. The molecule has 0 amide bonds. The monoisotopic (exact) mass is 293 g/mol. The number of ether oxygens (including phenoxy) is 1. The number of esters is 1. The van der Waals surface area contributed by atoms with Crippen molar-refractivity contribution in [2.24, 2.45) is 0 Å². The van der Waals surface area contributed by atoms with Crippen molar-refractivity contribution in [3.8, 4) is 0 Å². The molecule has 1 aromatic heterocycles. The van der Waals surface area contributed by atoms with Crippen LogP contribution in [0.4, 0.5) is 0 Å². The van der Waals surface area contributed by atoms with Crippen LogP contribution in [0.15, 0.2) is 12.3 Å². The molecule has 0 aliphatic carbocycles. The van der Waals surface area contributed by atoms with Crippen molar-refractivity contribution in [1.82, 2.24) is 4.98 Å². The lowest BCUT2D eigenvalue weighted by molar-refractivity contribution is 0.0595. The highest BCUT2D eigenvalue weighted by molar-refractivity contribution is 5.87. The number of methoxy groups -OCH3 is 1. The largest absolute Gasteiger partial charge is 0.464 e. The van der Waals surface area contributed by atoms with Crippen LogP contribution in [0.1, 0.15) is 87.2 Å². The van der Waals surface area contributed by atoms with Gasteiger partial charge < -0.3 is 9.72 Å². The number of aryl methyl sites for hydroxylation is 1. The summed E-state index contributed by atoms with van der Waals surface area (Å²) in [6.07, 6.45) is 16.5. The molecule has 1 aromatic rings. The third kappa shape index (κ3) is 7.93. The van der Waals surface area contributed by atoms with Gasteiger partial charge in [-0.3, -0.25) is 0 Å². The Morgan fingerprint density at radius 1 is 1.00 bits per heavy atom. The van der Waals surface area contributed by atoms with Crippen LogP contribution in [0.5, 0.6) is 0 Å². The van der Waals surface area contributed by atoms with Crippen LogP contribution in [0, 0.1) is 0 Å². The van der Waals surface area contributed by atoms with Gasteiger partial charge in [-0.1, -0.05) is 64.7 Å². The average molecular weight is 293 g/mol. The number of nitrogens with one attached hydrogen (secondary N) is 1. The highest BCUT2D eigenvalue weighted by atomic mass is 16.5. The fourth-order valence-electron chi connectivity index (χ4n) is 2.63. The predicted octanol–water partition coefficient (Wildman–Crippen LogP) is 5.26. The first kappa shape index (κ1) is 17.8. The summed E-state index contributed by atoms with van der Waals surface area (Å²) < 4.78 is 4.68. The molecule has 3 heteroatoms. The minimum absolute atomic E-state index is 0.288. The van der Waals surface area contributed by atoms with Gasteiger partial charge in [-0.2, -0.15) is 0 Å². The van der Waals surface area contributed by atoms with Gasteiger partial charge in [-0.25, -0.2) is 4.79 Å². The van der Waals surface area contributed by atoms with E-state index in [-0.39, 0.29) is 5.97 Å². The van der Waals surface area contributed by atoms with Crippen LogP contribution in [0.2, 0.25) is 0 Å². The molecule has 0 bridgehead atoms. The zero-order valence-electron chi connectivity index (χ0n) is 13.7. The van der Waals surface area contributed by atoms with Crippen LogP contribution in [0.25, 0.3) is 0 Å². The maximum absolute atomic E-state index is 11.3. The highest BCUT2D eigenvalue weighted by Gasteiger charge is 2.07.